The minimum atomic E-state index is 0.862. The molecule has 0 amide bonds. The van der Waals surface area contributed by atoms with Crippen molar-refractivity contribution in [3.63, 3.8) is 0 Å². The number of hydrogen-bond donors (Lipinski definition) is 1. The molecule has 19 heavy (non-hydrogen) atoms. The van der Waals surface area contributed by atoms with E-state index in [2.05, 4.69) is 46.6 Å². The van der Waals surface area contributed by atoms with Crippen molar-refractivity contribution in [3.05, 3.63) is 59.9 Å². The molecule has 0 saturated heterocycles. The molecular weight excluding hydrogens is 236 g/mol. The Labute approximate surface area is 112 Å². The van der Waals surface area contributed by atoms with Gasteiger partial charge in [-0.25, -0.2) is 9.50 Å². The number of nitrogens with one attached hydrogen (secondary N) is 1. The van der Waals surface area contributed by atoms with Crippen LogP contribution in [0, 0.1) is 6.92 Å². The molecule has 0 radical (unpaired) electrons. The van der Waals surface area contributed by atoms with Crippen LogP contribution in [0.2, 0.25) is 0 Å². The quantitative estimate of drug-likeness (QED) is 0.776. The monoisotopic (exact) mass is 252 g/mol. The predicted octanol–water partition coefficient (Wildman–Crippen LogP) is 2.69. The van der Waals surface area contributed by atoms with Gasteiger partial charge >= 0.3 is 0 Å². The van der Waals surface area contributed by atoms with Crippen LogP contribution in [-0.2, 0) is 6.42 Å². The first-order valence-electron chi connectivity index (χ1n) is 6.42. The fraction of sp³-hybridized carbons (Fsp3) is 0.200. The molecule has 0 bridgehead atoms. The van der Waals surface area contributed by atoms with Crippen LogP contribution in [0.1, 0.15) is 11.1 Å². The van der Waals surface area contributed by atoms with E-state index in [1.807, 2.05) is 18.3 Å². The molecule has 3 aromatic rings. The van der Waals surface area contributed by atoms with E-state index in [0.717, 1.165) is 24.4 Å². The van der Waals surface area contributed by atoms with Gasteiger partial charge in [0, 0.05) is 18.8 Å². The summed E-state index contributed by atoms with van der Waals surface area (Å²) in [6, 6.07) is 12.3. The topological polar surface area (TPSA) is 42.2 Å². The van der Waals surface area contributed by atoms with Crippen molar-refractivity contribution in [2.24, 2.45) is 0 Å². The Morgan fingerprint density at radius 3 is 2.95 bits per heavy atom. The van der Waals surface area contributed by atoms with E-state index in [1.54, 1.807) is 10.7 Å². The largest absolute Gasteiger partial charge is 0.370 e. The summed E-state index contributed by atoms with van der Waals surface area (Å²) in [5.41, 5.74) is 3.57. The molecule has 3 rings (SSSR count). The fourth-order valence-corrected chi connectivity index (χ4v) is 2.13. The first kappa shape index (κ1) is 11.7. The van der Waals surface area contributed by atoms with Gasteiger partial charge in [-0.1, -0.05) is 24.3 Å². The van der Waals surface area contributed by atoms with E-state index in [9.17, 15) is 0 Å². The van der Waals surface area contributed by atoms with Crippen molar-refractivity contribution in [2.75, 3.05) is 11.9 Å². The van der Waals surface area contributed by atoms with Gasteiger partial charge in [0.15, 0.2) is 5.65 Å². The highest BCUT2D eigenvalue weighted by atomic mass is 15.2. The summed E-state index contributed by atoms with van der Waals surface area (Å²) in [6.07, 6.45) is 4.66. The third-order valence-corrected chi connectivity index (χ3v) is 3.22. The fourth-order valence-electron chi connectivity index (χ4n) is 2.13. The smallest absolute Gasteiger partial charge is 0.157 e. The van der Waals surface area contributed by atoms with Gasteiger partial charge in [-0.2, -0.15) is 5.10 Å². The molecule has 0 spiro atoms. The van der Waals surface area contributed by atoms with Crippen LogP contribution in [0.4, 0.5) is 5.82 Å². The zero-order valence-electron chi connectivity index (χ0n) is 10.9. The molecule has 0 aliphatic rings. The van der Waals surface area contributed by atoms with Crippen molar-refractivity contribution < 1.29 is 0 Å². The predicted molar refractivity (Wildman–Crippen MR) is 76.4 cm³/mol. The summed E-state index contributed by atoms with van der Waals surface area (Å²) in [6.45, 7) is 3.02. The summed E-state index contributed by atoms with van der Waals surface area (Å²) < 4.78 is 1.76. The SMILES string of the molecule is Cc1ccccc1CCNc1ccn2nccc2n1. The third kappa shape index (κ3) is 2.57. The Kier molecular flexibility index (Phi) is 3.14. The van der Waals surface area contributed by atoms with Crippen molar-refractivity contribution in [3.8, 4) is 0 Å². The number of nitrogens with zero attached hydrogens (tertiary/aromatic N) is 3. The van der Waals surface area contributed by atoms with E-state index in [0.29, 0.717) is 0 Å². The van der Waals surface area contributed by atoms with Crippen LogP contribution in [0.5, 0.6) is 0 Å². The van der Waals surface area contributed by atoms with Gasteiger partial charge in [0.05, 0.1) is 6.20 Å². The molecule has 1 aromatic carbocycles. The molecule has 96 valence electrons. The minimum Gasteiger partial charge on any atom is -0.370 e. The van der Waals surface area contributed by atoms with Crippen LogP contribution in [-0.4, -0.2) is 21.1 Å². The summed E-state index contributed by atoms with van der Waals surface area (Å²) >= 11 is 0. The molecule has 1 N–H and O–H groups in total. The Bertz CT molecular complexity index is 687. The van der Waals surface area contributed by atoms with Gasteiger partial charge in [-0.15, -0.1) is 0 Å². The molecule has 0 unspecified atom stereocenters. The Balaban J connectivity index is 1.64. The van der Waals surface area contributed by atoms with Crippen LogP contribution < -0.4 is 5.32 Å². The van der Waals surface area contributed by atoms with Gasteiger partial charge in [0.2, 0.25) is 0 Å². The highest BCUT2D eigenvalue weighted by Crippen LogP contribution is 2.09. The molecule has 0 aliphatic carbocycles. The van der Waals surface area contributed by atoms with Crippen LogP contribution in [0.3, 0.4) is 0 Å². The first-order chi connectivity index (χ1) is 9.33. The molecule has 0 atom stereocenters. The van der Waals surface area contributed by atoms with E-state index in [4.69, 9.17) is 0 Å². The molecule has 4 heteroatoms. The lowest BCUT2D eigenvalue weighted by atomic mass is 10.1. The van der Waals surface area contributed by atoms with Gasteiger partial charge in [0.25, 0.3) is 0 Å². The molecule has 2 heterocycles. The van der Waals surface area contributed by atoms with Crippen LogP contribution >= 0.6 is 0 Å². The number of aryl methyl sites for hydroxylation is 1. The number of aromatic nitrogens is 3. The summed E-state index contributed by atoms with van der Waals surface area (Å²) in [5.74, 6) is 0.890. The lowest BCUT2D eigenvalue weighted by molar-refractivity contribution is 0.931. The zero-order valence-corrected chi connectivity index (χ0v) is 10.9. The first-order valence-corrected chi connectivity index (χ1v) is 6.42. The maximum absolute atomic E-state index is 4.48. The lowest BCUT2D eigenvalue weighted by Gasteiger charge is -2.07. The zero-order chi connectivity index (χ0) is 13.1. The number of hydrogen-bond acceptors (Lipinski definition) is 3. The normalized spacial score (nSPS) is 10.8. The second-order valence-electron chi connectivity index (χ2n) is 4.55. The van der Waals surface area contributed by atoms with E-state index in [1.165, 1.54) is 11.1 Å². The van der Waals surface area contributed by atoms with Crippen LogP contribution in [0.25, 0.3) is 5.65 Å². The van der Waals surface area contributed by atoms with E-state index >= 15 is 0 Å². The molecule has 4 nitrogen and oxygen atoms in total. The Hall–Kier alpha value is -2.36. The molecule has 0 fully saturated rings. The second kappa shape index (κ2) is 5.10. The number of anilines is 1. The maximum atomic E-state index is 4.48. The average Bonchev–Trinajstić information content (AvgIpc) is 2.88. The highest BCUT2D eigenvalue weighted by molar-refractivity contribution is 5.45. The van der Waals surface area contributed by atoms with Gasteiger partial charge in [-0.3, -0.25) is 0 Å². The average molecular weight is 252 g/mol. The molecule has 0 aliphatic heterocycles. The minimum absolute atomic E-state index is 0.862. The van der Waals surface area contributed by atoms with Crippen molar-refractivity contribution in [1.29, 1.82) is 0 Å². The van der Waals surface area contributed by atoms with Crippen molar-refractivity contribution in [1.82, 2.24) is 14.6 Å². The molecular formula is C15H16N4. The summed E-state index contributed by atoms with van der Waals surface area (Å²) in [7, 11) is 0. The Morgan fingerprint density at radius 2 is 2.05 bits per heavy atom. The van der Waals surface area contributed by atoms with Crippen molar-refractivity contribution >= 4 is 11.5 Å². The lowest BCUT2D eigenvalue weighted by Crippen LogP contribution is -2.07. The third-order valence-electron chi connectivity index (χ3n) is 3.22. The van der Waals surface area contributed by atoms with Gasteiger partial charge < -0.3 is 5.32 Å². The molecule has 2 aromatic heterocycles. The summed E-state index contributed by atoms with van der Waals surface area (Å²) in [5, 5.41) is 7.48. The molecule has 0 saturated carbocycles. The Morgan fingerprint density at radius 1 is 1.16 bits per heavy atom. The highest BCUT2D eigenvalue weighted by Gasteiger charge is 1.99. The van der Waals surface area contributed by atoms with E-state index < -0.39 is 0 Å². The van der Waals surface area contributed by atoms with Gasteiger partial charge in [-0.05, 0) is 30.5 Å². The van der Waals surface area contributed by atoms with E-state index in [-0.39, 0.29) is 0 Å². The van der Waals surface area contributed by atoms with Gasteiger partial charge in [0.1, 0.15) is 5.82 Å². The standard InChI is InChI=1S/C15H16N4/c1-12-4-2-3-5-13(12)6-9-16-14-8-11-19-15(18-14)7-10-17-19/h2-5,7-8,10-11H,6,9H2,1H3,(H,16,18). The maximum Gasteiger partial charge on any atom is 0.157 e. The van der Waals surface area contributed by atoms with Crippen molar-refractivity contribution in [2.45, 2.75) is 13.3 Å². The number of fused-ring (bicyclic) bond motifs is 1. The van der Waals surface area contributed by atoms with Crippen LogP contribution in [0.15, 0.2) is 48.8 Å². The number of benzene rings is 1. The second-order valence-corrected chi connectivity index (χ2v) is 4.55. The summed E-state index contributed by atoms with van der Waals surface area (Å²) in [4.78, 5) is 4.48. The number of rotatable bonds is 4.